The normalized spacial score (nSPS) is 14.8. The van der Waals surface area contributed by atoms with Gasteiger partial charge in [0.2, 0.25) is 0 Å². The van der Waals surface area contributed by atoms with Crippen LogP contribution < -0.4 is 5.32 Å². The van der Waals surface area contributed by atoms with Crippen molar-refractivity contribution in [2.24, 2.45) is 0 Å². The number of halogens is 1. The molecular formula is C11H17FN2O2. The topological polar surface area (TPSA) is 65.4 Å². The van der Waals surface area contributed by atoms with Gasteiger partial charge in [0, 0.05) is 0 Å². The molecule has 0 aliphatic carbocycles. The van der Waals surface area contributed by atoms with Crippen LogP contribution >= 0.6 is 0 Å². The van der Waals surface area contributed by atoms with Gasteiger partial charge in [0.25, 0.3) is 0 Å². The summed E-state index contributed by atoms with van der Waals surface area (Å²) in [7, 11) is 1.76. The second-order valence-electron chi connectivity index (χ2n) is 3.71. The largest absolute Gasteiger partial charge is 0.390 e. The van der Waals surface area contributed by atoms with Gasteiger partial charge in [-0.05, 0) is 39.1 Å². The maximum atomic E-state index is 12.9. The van der Waals surface area contributed by atoms with Crippen molar-refractivity contribution in [1.29, 1.82) is 0 Å². The summed E-state index contributed by atoms with van der Waals surface area (Å²) in [5.41, 5.74) is 0.514. The van der Waals surface area contributed by atoms with Crippen molar-refractivity contribution in [2.75, 3.05) is 13.6 Å². The Hall–Kier alpha value is -1.04. The molecule has 0 radical (unpaired) electrons. The van der Waals surface area contributed by atoms with E-state index in [-0.39, 0.29) is 5.69 Å². The molecule has 0 saturated carbocycles. The van der Waals surface area contributed by atoms with E-state index in [0.29, 0.717) is 18.7 Å². The molecule has 2 unspecified atom stereocenters. The zero-order chi connectivity index (χ0) is 12.1. The Morgan fingerprint density at radius 3 is 2.69 bits per heavy atom. The Morgan fingerprint density at radius 1 is 1.44 bits per heavy atom. The average molecular weight is 228 g/mol. The predicted molar refractivity (Wildman–Crippen MR) is 58.4 cm³/mol. The second kappa shape index (κ2) is 5.89. The number of nitrogens with zero attached hydrogens (tertiary/aromatic N) is 1. The first-order valence-electron chi connectivity index (χ1n) is 5.20. The molecule has 1 aromatic rings. The fraction of sp³-hybridized carbons (Fsp3) is 0.545. The molecule has 0 spiro atoms. The van der Waals surface area contributed by atoms with Crippen molar-refractivity contribution in [3.8, 4) is 0 Å². The number of hydrogen-bond acceptors (Lipinski definition) is 4. The second-order valence-corrected chi connectivity index (χ2v) is 3.71. The van der Waals surface area contributed by atoms with Gasteiger partial charge >= 0.3 is 0 Å². The van der Waals surface area contributed by atoms with E-state index in [9.17, 15) is 14.6 Å². The number of aliphatic hydroxyl groups is 2. The molecule has 16 heavy (non-hydrogen) atoms. The predicted octanol–water partition coefficient (Wildman–Crippen LogP) is 0.533. The zero-order valence-electron chi connectivity index (χ0n) is 9.44. The molecule has 90 valence electrons. The number of aliphatic hydroxyl groups excluding tert-OH is 2. The number of rotatable bonds is 5. The first-order valence-corrected chi connectivity index (χ1v) is 5.20. The monoisotopic (exact) mass is 228 g/mol. The van der Waals surface area contributed by atoms with Gasteiger partial charge in [0.05, 0.1) is 17.5 Å². The Bertz CT molecular complexity index is 347. The zero-order valence-corrected chi connectivity index (χ0v) is 9.44. The van der Waals surface area contributed by atoms with Crippen LogP contribution in [0.5, 0.6) is 0 Å². The van der Waals surface area contributed by atoms with E-state index in [1.54, 1.807) is 7.05 Å². The van der Waals surface area contributed by atoms with E-state index >= 15 is 0 Å². The standard InChI is InChI=1S/C11H17FN2O2/c1-7-8(12)3-4-9(14-7)11(16)10(15)5-6-13-2/h3-4,10-11,13,15-16H,5-6H2,1-2H3. The van der Waals surface area contributed by atoms with Crippen LogP contribution in [0.4, 0.5) is 4.39 Å². The van der Waals surface area contributed by atoms with Crippen LogP contribution in [0.3, 0.4) is 0 Å². The minimum absolute atomic E-state index is 0.220. The Morgan fingerprint density at radius 2 is 2.12 bits per heavy atom. The van der Waals surface area contributed by atoms with Crippen molar-refractivity contribution in [2.45, 2.75) is 25.6 Å². The molecule has 0 fully saturated rings. The molecule has 0 amide bonds. The van der Waals surface area contributed by atoms with E-state index in [2.05, 4.69) is 10.3 Å². The highest BCUT2D eigenvalue weighted by Gasteiger charge is 2.19. The van der Waals surface area contributed by atoms with Crippen molar-refractivity contribution >= 4 is 0 Å². The van der Waals surface area contributed by atoms with Crippen molar-refractivity contribution in [3.63, 3.8) is 0 Å². The minimum Gasteiger partial charge on any atom is -0.390 e. The van der Waals surface area contributed by atoms with E-state index in [1.165, 1.54) is 19.1 Å². The fourth-order valence-electron chi connectivity index (χ4n) is 1.38. The van der Waals surface area contributed by atoms with Crippen LogP contribution in [0.1, 0.15) is 23.9 Å². The minimum atomic E-state index is -1.08. The molecule has 1 heterocycles. The molecule has 1 aromatic heterocycles. The van der Waals surface area contributed by atoms with Crippen molar-refractivity contribution < 1.29 is 14.6 Å². The quantitative estimate of drug-likeness (QED) is 0.688. The molecule has 0 aliphatic heterocycles. The summed E-state index contributed by atoms with van der Waals surface area (Å²) in [6.45, 7) is 2.12. The first kappa shape index (κ1) is 13.0. The van der Waals surface area contributed by atoms with E-state index in [1.807, 2.05) is 0 Å². The molecule has 0 saturated heterocycles. The third-order valence-electron chi connectivity index (χ3n) is 2.40. The molecule has 0 bridgehead atoms. The third-order valence-corrected chi connectivity index (χ3v) is 2.40. The summed E-state index contributed by atoms with van der Waals surface area (Å²) in [6, 6.07) is 2.63. The van der Waals surface area contributed by atoms with Gasteiger partial charge in [-0.1, -0.05) is 0 Å². The van der Waals surface area contributed by atoms with Crippen molar-refractivity contribution in [1.82, 2.24) is 10.3 Å². The smallest absolute Gasteiger partial charge is 0.144 e. The van der Waals surface area contributed by atoms with Gasteiger partial charge in [-0.2, -0.15) is 0 Å². The first-order chi connectivity index (χ1) is 7.56. The number of nitrogens with one attached hydrogen (secondary N) is 1. The molecular weight excluding hydrogens is 211 g/mol. The highest BCUT2D eigenvalue weighted by Crippen LogP contribution is 2.18. The SMILES string of the molecule is CNCCC(O)C(O)c1ccc(F)c(C)n1. The fourth-order valence-corrected chi connectivity index (χ4v) is 1.38. The van der Waals surface area contributed by atoms with Crippen LogP contribution in [0.15, 0.2) is 12.1 Å². The summed E-state index contributed by atoms with van der Waals surface area (Å²) in [6.07, 6.45) is -1.56. The summed E-state index contributed by atoms with van der Waals surface area (Å²) >= 11 is 0. The molecule has 0 aromatic carbocycles. The third kappa shape index (κ3) is 3.23. The molecule has 4 nitrogen and oxygen atoms in total. The summed E-state index contributed by atoms with van der Waals surface area (Å²) in [5.74, 6) is -0.416. The van der Waals surface area contributed by atoms with Gasteiger partial charge in [0.15, 0.2) is 0 Å². The Labute approximate surface area is 94.1 Å². The number of aryl methyl sites for hydroxylation is 1. The van der Waals surface area contributed by atoms with Gasteiger partial charge < -0.3 is 15.5 Å². The lowest BCUT2D eigenvalue weighted by Gasteiger charge is -2.17. The lowest BCUT2D eigenvalue weighted by atomic mass is 10.1. The van der Waals surface area contributed by atoms with Gasteiger partial charge in [-0.15, -0.1) is 0 Å². The number of hydrogen-bond donors (Lipinski definition) is 3. The molecule has 2 atom stereocenters. The summed E-state index contributed by atoms with van der Waals surface area (Å²) in [4.78, 5) is 3.90. The van der Waals surface area contributed by atoms with Gasteiger partial charge in [0.1, 0.15) is 11.9 Å². The highest BCUT2D eigenvalue weighted by molar-refractivity contribution is 5.14. The van der Waals surface area contributed by atoms with E-state index in [0.717, 1.165) is 0 Å². The average Bonchev–Trinajstić information content (AvgIpc) is 2.28. The number of pyridine rings is 1. The molecule has 5 heteroatoms. The lowest BCUT2D eigenvalue weighted by molar-refractivity contribution is 0.0114. The maximum Gasteiger partial charge on any atom is 0.144 e. The van der Waals surface area contributed by atoms with Crippen molar-refractivity contribution in [3.05, 3.63) is 29.3 Å². The van der Waals surface area contributed by atoms with Crippen LogP contribution in [-0.2, 0) is 0 Å². The summed E-state index contributed by atoms with van der Waals surface area (Å²) in [5, 5.41) is 22.3. The highest BCUT2D eigenvalue weighted by atomic mass is 19.1. The maximum absolute atomic E-state index is 12.9. The Balaban J connectivity index is 2.71. The molecule has 3 N–H and O–H groups in total. The van der Waals surface area contributed by atoms with Crippen LogP contribution in [0.2, 0.25) is 0 Å². The van der Waals surface area contributed by atoms with Gasteiger partial charge in [-0.25, -0.2) is 4.39 Å². The van der Waals surface area contributed by atoms with Gasteiger partial charge in [-0.3, -0.25) is 4.98 Å². The van der Waals surface area contributed by atoms with Crippen LogP contribution in [0.25, 0.3) is 0 Å². The van der Waals surface area contributed by atoms with E-state index < -0.39 is 18.0 Å². The van der Waals surface area contributed by atoms with Crippen LogP contribution in [-0.4, -0.2) is 34.9 Å². The van der Waals surface area contributed by atoms with Crippen LogP contribution in [0, 0.1) is 12.7 Å². The molecule has 1 rings (SSSR count). The summed E-state index contributed by atoms with van der Waals surface area (Å²) < 4.78 is 12.9. The van der Waals surface area contributed by atoms with E-state index in [4.69, 9.17) is 0 Å². The Kier molecular flexibility index (Phi) is 4.79. The molecule has 0 aliphatic rings. The lowest BCUT2D eigenvalue weighted by Crippen LogP contribution is -2.24. The number of aromatic nitrogens is 1.